The molecule has 0 unspecified atom stereocenters. The van der Waals surface area contributed by atoms with Crippen LogP contribution in [0, 0.1) is 6.92 Å². The van der Waals surface area contributed by atoms with Gasteiger partial charge in [0, 0.05) is 44.5 Å². The van der Waals surface area contributed by atoms with E-state index >= 15 is 0 Å². The maximum Gasteiger partial charge on any atom is 0.224 e. The van der Waals surface area contributed by atoms with Crippen LogP contribution in [0.5, 0.6) is 0 Å². The number of rotatable bonds is 7. The van der Waals surface area contributed by atoms with Crippen LogP contribution in [-0.2, 0) is 16.0 Å². The summed E-state index contributed by atoms with van der Waals surface area (Å²) in [6.07, 6.45) is 2.83. The molecule has 0 atom stereocenters. The van der Waals surface area contributed by atoms with E-state index in [1.807, 2.05) is 43.3 Å². The van der Waals surface area contributed by atoms with Gasteiger partial charge in [-0.15, -0.1) is 0 Å². The first-order valence-electron chi connectivity index (χ1n) is 9.98. The summed E-state index contributed by atoms with van der Waals surface area (Å²) in [6, 6.07) is 16.1. The number of hydrogen-bond donors (Lipinski definition) is 1. The second kappa shape index (κ2) is 9.40. The molecule has 28 heavy (non-hydrogen) atoms. The first-order valence-corrected chi connectivity index (χ1v) is 9.98. The Morgan fingerprint density at radius 1 is 1.07 bits per heavy atom. The third kappa shape index (κ3) is 5.35. The van der Waals surface area contributed by atoms with Crippen molar-refractivity contribution in [1.82, 2.24) is 5.32 Å². The zero-order chi connectivity index (χ0) is 19.9. The van der Waals surface area contributed by atoms with Gasteiger partial charge in [0.05, 0.1) is 6.42 Å². The van der Waals surface area contributed by atoms with E-state index in [9.17, 15) is 9.59 Å². The Labute approximate surface area is 167 Å². The molecule has 3 rings (SSSR count). The quantitative estimate of drug-likeness (QED) is 0.803. The largest absolute Gasteiger partial charge is 0.372 e. The third-order valence-electron chi connectivity index (χ3n) is 5.12. The summed E-state index contributed by atoms with van der Waals surface area (Å²) in [4.78, 5) is 28.4. The maximum absolute atomic E-state index is 12.2. The lowest BCUT2D eigenvalue weighted by atomic mass is 10.1. The monoisotopic (exact) mass is 379 g/mol. The van der Waals surface area contributed by atoms with Gasteiger partial charge < -0.3 is 15.1 Å². The second-order valence-electron chi connectivity index (χ2n) is 7.40. The fraction of sp³-hybridized carbons (Fsp3) is 0.391. The first kappa shape index (κ1) is 19.9. The average Bonchev–Trinajstić information content (AvgIpc) is 3.20. The molecule has 2 aromatic rings. The molecule has 1 fully saturated rings. The van der Waals surface area contributed by atoms with Crippen LogP contribution < -0.4 is 15.1 Å². The van der Waals surface area contributed by atoms with E-state index in [-0.39, 0.29) is 11.8 Å². The van der Waals surface area contributed by atoms with Gasteiger partial charge in [-0.05, 0) is 49.6 Å². The molecule has 0 saturated carbocycles. The minimum absolute atomic E-state index is 0.0261. The Morgan fingerprint density at radius 3 is 2.43 bits per heavy atom. The van der Waals surface area contributed by atoms with E-state index in [0.717, 1.165) is 29.9 Å². The number of nitrogens with zero attached hydrogens (tertiary/aromatic N) is 2. The van der Waals surface area contributed by atoms with E-state index in [2.05, 4.69) is 22.3 Å². The van der Waals surface area contributed by atoms with Gasteiger partial charge in [-0.1, -0.05) is 29.8 Å². The molecule has 0 bridgehead atoms. The summed E-state index contributed by atoms with van der Waals surface area (Å²) in [5.41, 5.74) is 4.21. The van der Waals surface area contributed by atoms with Gasteiger partial charge in [-0.2, -0.15) is 0 Å². The minimum Gasteiger partial charge on any atom is -0.372 e. The summed E-state index contributed by atoms with van der Waals surface area (Å²) in [7, 11) is 0. The molecule has 5 nitrogen and oxygen atoms in total. The first-order chi connectivity index (χ1) is 13.5. The number of aryl methyl sites for hydroxylation is 1. The molecular weight excluding hydrogens is 350 g/mol. The van der Waals surface area contributed by atoms with Crippen molar-refractivity contribution in [2.75, 3.05) is 36.0 Å². The summed E-state index contributed by atoms with van der Waals surface area (Å²) >= 11 is 0. The van der Waals surface area contributed by atoms with Crippen LogP contribution in [-0.4, -0.2) is 38.0 Å². The number of hydrogen-bond acceptors (Lipinski definition) is 3. The van der Waals surface area contributed by atoms with Crippen molar-refractivity contribution in [3.8, 4) is 0 Å². The normalized spacial score (nSPS) is 13.4. The van der Waals surface area contributed by atoms with Gasteiger partial charge in [-0.3, -0.25) is 9.59 Å². The fourth-order valence-electron chi connectivity index (χ4n) is 3.66. The highest BCUT2D eigenvalue weighted by molar-refractivity contribution is 5.91. The zero-order valence-corrected chi connectivity index (χ0v) is 16.8. The Hall–Kier alpha value is -2.82. The van der Waals surface area contributed by atoms with Gasteiger partial charge in [0.1, 0.15) is 0 Å². The predicted octanol–water partition coefficient (Wildman–Crippen LogP) is 3.31. The van der Waals surface area contributed by atoms with Crippen molar-refractivity contribution in [3.63, 3.8) is 0 Å². The van der Waals surface area contributed by atoms with Crippen molar-refractivity contribution in [2.24, 2.45) is 0 Å². The molecular formula is C23H29N3O2. The summed E-state index contributed by atoms with van der Waals surface area (Å²) in [5.74, 6) is -0.0552. The van der Waals surface area contributed by atoms with E-state index in [0.29, 0.717) is 19.5 Å². The lowest BCUT2D eigenvalue weighted by Crippen LogP contribution is -2.38. The van der Waals surface area contributed by atoms with Crippen molar-refractivity contribution in [1.29, 1.82) is 0 Å². The molecule has 5 heteroatoms. The molecule has 2 aromatic carbocycles. The van der Waals surface area contributed by atoms with E-state index < -0.39 is 0 Å². The molecule has 0 radical (unpaired) electrons. The summed E-state index contributed by atoms with van der Waals surface area (Å²) in [6.45, 7) is 6.66. The maximum atomic E-state index is 12.2. The zero-order valence-electron chi connectivity index (χ0n) is 16.8. The molecule has 0 aliphatic carbocycles. The van der Waals surface area contributed by atoms with Crippen molar-refractivity contribution >= 4 is 23.2 Å². The molecule has 148 valence electrons. The van der Waals surface area contributed by atoms with E-state index in [1.165, 1.54) is 18.5 Å². The summed E-state index contributed by atoms with van der Waals surface area (Å²) < 4.78 is 0. The Balaban J connectivity index is 1.53. The van der Waals surface area contributed by atoms with Crippen LogP contribution in [0.15, 0.2) is 48.5 Å². The van der Waals surface area contributed by atoms with Crippen LogP contribution >= 0.6 is 0 Å². The highest BCUT2D eigenvalue weighted by Gasteiger charge is 2.15. The highest BCUT2D eigenvalue weighted by atomic mass is 16.2. The molecule has 0 spiro atoms. The topological polar surface area (TPSA) is 52.7 Å². The van der Waals surface area contributed by atoms with Crippen LogP contribution in [0.25, 0.3) is 0 Å². The Morgan fingerprint density at radius 2 is 1.79 bits per heavy atom. The van der Waals surface area contributed by atoms with E-state index in [1.54, 1.807) is 11.8 Å². The number of carbonyl (C=O) groups excluding carboxylic acids is 2. The Bertz CT molecular complexity index is 811. The van der Waals surface area contributed by atoms with E-state index in [4.69, 9.17) is 0 Å². The average molecular weight is 380 g/mol. The molecule has 1 heterocycles. The van der Waals surface area contributed by atoms with Crippen molar-refractivity contribution in [3.05, 3.63) is 59.7 Å². The van der Waals surface area contributed by atoms with Gasteiger partial charge in [0.2, 0.25) is 11.8 Å². The smallest absolute Gasteiger partial charge is 0.224 e. The van der Waals surface area contributed by atoms with Crippen LogP contribution in [0.4, 0.5) is 11.4 Å². The predicted molar refractivity (Wildman–Crippen MR) is 114 cm³/mol. The van der Waals surface area contributed by atoms with Gasteiger partial charge in [-0.25, -0.2) is 0 Å². The molecule has 1 aliphatic heterocycles. The molecule has 0 aromatic heterocycles. The van der Waals surface area contributed by atoms with Crippen molar-refractivity contribution < 1.29 is 9.59 Å². The number of nitrogens with one attached hydrogen (secondary N) is 1. The minimum atomic E-state index is -0.0292. The number of carbonyl (C=O) groups is 2. The van der Waals surface area contributed by atoms with Crippen LogP contribution in [0.3, 0.4) is 0 Å². The molecule has 1 saturated heterocycles. The standard InChI is InChI=1S/C23H29N3O2/c1-18-6-5-7-20(16-18)17-23(28)24-12-15-26(19(2)27)22-10-8-21(9-11-22)25-13-3-4-14-25/h5-11,16H,3-4,12-15,17H2,1-2H3,(H,24,28). The molecule has 2 amide bonds. The second-order valence-corrected chi connectivity index (χ2v) is 7.40. The summed E-state index contributed by atoms with van der Waals surface area (Å²) in [5, 5.41) is 2.92. The fourth-order valence-corrected chi connectivity index (χ4v) is 3.66. The lowest BCUT2D eigenvalue weighted by molar-refractivity contribution is -0.121. The van der Waals surface area contributed by atoms with Gasteiger partial charge in [0.25, 0.3) is 0 Å². The lowest BCUT2D eigenvalue weighted by Gasteiger charge is -2.23. The van der Waals surface area contributed by atoms with Gasteiger partial charge >= 0.3 is 0 Å². The van der Waals surface area contributed by atoms with Crippen molar-refractivity contribution in [2.45, 2.75) is 33.1 Å². The third-order valence-corrected chi connectivity index (χ3v) is 5.12. The highest BCUT2D eigenvalue weighted by Crippen LogP contribution is 2.23. The Kier molecular flexibility index (Phi) is 6.69. The van der Waals surface area contributed by atoms with Gasteiger partial charge in [0.15, 0.2) is 0 Å². The molecule has 1 aliphatic rings. The number of anilines is 2. The SMILES string of the molecule is CC(=O)N(CCNC(=O)Cc1cccc(C)c1)c1ccc(N2CCCC2)cc1. The number of amides is 2. The van der Waals surface area contributed by atoms with Crippen LogP contribution in [0.1, 0.15) is 30.9 Å². The number of benzene rings is 2. The van der Waals surface area contributed by atoms with Crippen LogP contribution in [0.2, 0.25) is 0 Å². The molecule has 1 N–H and O–H groups in total.